The zero-order chi connectivity index (χ0) is 13.1. The summed E-state index contributed by atoms with van der Waals surface area (Å²) in [6.45, 7) is 0. The van der Waals surface area contributed by atoms with Crippen molar-refractivity contribution in [3.05, 3.63) is 28.8 Å². The molecule has 0 bridgehead atoms. The molecule has 0 atom stereocenters. The maximum atomic E-state index is 11.5. The molecule has 6 nitrogen and oxygen atoms in total. The number of hydrogen-bond donors (Lipinski definition) is 2. The third-order valence-electron chi connectivity index (χ3n) is 1.75. The molecule has 94 valence electrons. The van der Waals surface area contributed by atoms with Crippen molar-refractivity contribution in [3.63, 3.8) is 0 Å². The molecule has 0 heterocycles. The molecule has 0 amide bonds. The molecule has 17 heavy (non-hydrogen) atoms. The van der Waals surface area contributed by atoms with E-state index in [-0.39, 0.29) is 11.3 Å². The van der Waals surface area contributed by atoms with E-state index in [2.05, 4.69) is 4.74 Å². The molecular weight excluding hydrogens is 271 g/mol. The van der Waals surface area contributed by atoms with Crippen LogP contribution in [0.2, 0.25) is 5.02 Å². The minimum atomic E-state index is -4.38. The fourth-order valence-corrected chi connectivity index (χ4v) is 1.50. The lowest BCUT2D eigenvalue weighted by Gasteiger charge is -2.09. The Morgan fingerprint density at radius 1 is 1.47 bits per heavy atom. The van der Waals surface area contributed by atoms with Crippen LogP contribution in [-0.2, 0) is 9.30 Å². The van der Waals surface area contributed by atoms with Gasteiger partial charge >= 0.3 is 13.6 Å². The second-order valence-electron chi connectivity index (χ2n) is 3.07. The Hall–Kier alpha value is -1.07. The molecular formula is C9H10ClO6P. The molecule has 0 unspecified atom stereocenters. The maximum absolute atomic E-state index is 11.5. The van der Waals surface area contributed by atoms with Crippen LogP contribution >= 0.6 is 19.2 Å². The minimum absolute atomic E-state index is 0.0466. The lowest BCUT2D eigenvalue weighted by atomic mass is 10.2. The summed E-state index contributed by atoms with van der Waals surface area (Å²) in [7, 11) is -3.04. The van der Waals surface area contributed by atoms with Crippen LogP contribution in [0.15, 0.2) is 18.2 Å². The SMILES string of the molecule is COc1cc(Cl)ccc1C(=O)OCP(=O)(O)O. The summed E-state index contributed by atoms with van der Waals surface area (Å²) in [5.41, 5.74) is 0.0466. The van der Waals surface area contributed by atoms with E-state index < -0.39 is 19.9 Å². The monoisotopic (exact) mass is 280 g/mol. The van der Waals surface area contributed by atoms with Crippen molar-refractivity contribution in [3.8, 4) is 5.75 Å². The van der Waals surface area contributed by atoms with Crippen LogP contribution in [0.4, 0.5) is 0 Å². The van der Waals surface area contributed by atoms with Crippen LogP contribution in [0, 0.1) is 0 Å². The number of carbonyl (C=O) groups excluding carboxylic acids is 1. The Morgan fingerprint density at radius 2 is 2.12 bits per heavy atom. The molecule has 0 aliphatic rings. The number of halogens is 1. The van der Waals surface area contributed by atoms with E-state index in [0.717, 1.165) is 0 Å². The number of benzene rings is 1. The van der Waals surface area contributed by atoms with Gasteiger partial charge in [0, 0.05) is 5.02 Å². The molecule has 0 saturated carbocycles. The highest BCUT2D eigenvalue weighted by molar-refractivity contribution is 7.51. The van der Waals surface area contributed by atoms with Gasteiger partial charge in [0.15, 0.2) is 6.35 Å². The zero-order valence-corrected chi connectivity index (χ0v) is 10.4. The van der Waals surface area contributed by atoms with E-state index in [1.807, 2.05) is 0 Å². The first-order valence-electron chi connectivity index (χ1n) is 4.39. The van der Waals surface area contributed by atoms with Gasteiger partial charge in [-0.1, -0.05) is 11.6 Å². The lowest BCUT2D eigenvalue weighted by molar-refractivity contribution is 0.0546. The lowest BCUT2D eigenvalue weighted by Crippen LogP contribution is -2.08. The maximum Gasteiger partial charge on any atom is 0.362 e. The number of hydrogen-bond acceptors (Lipinski definition) is 4. The van der Waals surface area contributed by atoms with E-state index in [1.54, 1.807) is 0 Å². The van der Waals surface area contributed by atoms with Gasteiger partial charge in [0.1, 0.15) is 11.3 Å². The molecule has 0 saturated heterocycles. The smallest absolute Gasteiger partial charge is 0.362 e. The highest BCUT2D eigenvalue weighted by Gasteiger charge is 2.19. The number of methoxy groups -OCH3 is 1. The highest BCUT2D eigenvalue weighted by atomic mass is 35.5. The van der Waals surface area contributed by atoms with Crippen LogP contribution in [-0.4, -0.2) is 29.2 Å². The molecule has 1 aromatic rings. The van der Waals surface area contributed by atoms with Gasteiger partial charge in [-0.15, -0.1) is 0 Å². The fraction of sp³-hybridized carbons (Fsp3) is 0.222. The average molecular weight is 281 g/mol. The Labute approximate surface area is 102 Å². The third kappa shape index (κ3) is 4.36. The van der Waals surface area contributed by atoms with Crippen LogP contribution in [0.5, 0.6) is 5.75 Å². The molecule has 1 rings (SSSR count). The van der Waals surface area contributed by atoms with Crippen molar-refractivity contribution < 1.29 is 28.6 Å². The van der Waals surface area contributed by atoms with Gasteiger partial charge in [0.25, 0.3) is 0 Å². The second-order valence-corrected chi connectivity index (χ2v) is 5.09. The molecule has 0 aromatic heterocycles. The molecule has 0 aliphatic carbocycles. The van der Waals surface area contributed by atoms with Crippen LogP contribution < -0.4 is 4.74 Å². The summed E-state index contributed by atoms with van der Waals surface area (Å²) >= 11 is 5.69. The summed E-state index contributed by atoms with van der Waals surface area (Å²) in [4.78, 5) is 28.6. The number of ether oxygens (including phenoxy) is 2. The van der Waals surface area contributed by atoms with Crippen molar-refractivity contribution >= 4 is 25.2 Å². The summed E-state index contributed by atoms with van der Waals surface area (Å²) in [6, 6.07) is 4.19. The van der Waals surface area contributed by atoms with Crippen LogP contribution in [0.1, 0.15) is 10.4 Å². The van der Waals surface area contributed by atoms with E-state index >= 15 is 0 Å². The Balaban J connectivity index is 2.85. The van der Waals surface area contributed by atoms with Gasteiger partial charge in [-0.25, -0.2) is 4.79 Å². The van der Waals surface area contributed by atoms with E-state index in [9.17, 15) is 9.36 Å². The Kier molecular flexibility index (Phi) is 4.54. The van der Waals surface area contributed by atoms with Crippen molar-refractivity contribution in [2.24, 2.45) is 0 Å². The van der Waals surface area contributed by atoms with Gasteiger partial charge in [-0.3, -0.25) is 4.57 Å². The second kappa shape index (κ2) is 5.51. The van der Waals surface area contributed by atoms with Crippen molar-refractivity contribution in [2.75, 3.05) is 13.5 Å². The topological polar surface area (TPSA) is 93.1 Å². The normalized spacial score (nSPS) is 11.1. The van der Waals surface area contributed by atoms with E-state index in [0.29, 0.717) is 5.02 Å². The zero-order valence-electron chi connectivity index (χ0n) is 8.79. The molecule has 0 radical (unpaired) electrons. The summed E-state index contributed by atoms with van der Waals surface area (Å²) in [5.74, 6) is -0.713. The predicted octanol–water partition coefficient (Wildman–Crippen LogP) is 1.64. The van der Waals surface area contributed by atoms with Gasteiger partial charge in [0.2, 0.25) is 0 Å². The number of carbonyl (C=O) groups is 1. The van der Waals surface area contributed by atoms with Gasteiger partial charge in [-0.2, -0.15) is 0 Å². The Morgan fingerprint density at radius 3 is 2.65 bits per heavy atom. The van der Waals surface area contributed by atoms with Crippen LogP contribution in [0.25, 0.3) is 0 Å². The third-order valence-corrected chi connectivity index (χ3v) is 2.45. The standard InChI is InChI=1S/C9H10ClO6P/c1-15-8-4-6(10)2-3-7(8)9(11)16-5-17(12,13)14/h2-4H,5H2,1H3,(H2,12,13,14). The largest absolute Gasteiger partial charge is 0.496 e. The first-order valence-corrected chi connectivity index (χ1v) is 6.56. The van der Waals surface area contributed by atoms with Gasteiger partial charge < -0.3 is 19.3 Å². The number of rotatable bonds is 4. The Bertz CT molecular complexity index is 469. The van der Waals surface area contributed by atoms with Crippen molar-refractivity contribution in [1.82, 2.24) is 0 Å². The summed E-state index contributed by atoms with van der Waals surface area (Å²) in [6.07, 6.45) is -0.975. The van der Waals surface area contributed by atoms with Gasteiger partial charge in [0.05, 0.1) is 7.11 Å². The first kappa shape index (κ1) is 14.0. The van der Waals surface area contributed by atoms with E-state index in [1.165, 1.54) is 25.3 Å². The molecule has 0 aliphatic heterocycles. The molecule has 8 heteroatoms. The number of esters is 1. The first-order chi connectivity index (χ1) is 7.83. The summed E-state index contributed by atoms with van der Waals surface area (Å²) in [5, 5.41) is 0.369. The summed E-state index contributed by atoms with van der Waals surface area (Å²) < 4.78 is 19.9. The molecule has 2 N–H and O–H groups in total. The van der Waals surface area contributed by atoms with Crippen molar-refractivity contribution in [2.45, 2.75) is 0 Å². The fourth-order valence-electron chi connectivity index (χ4n) is 1.05. The molecule has 0 spiro atoms. The molecule has 1 aromatic carbocycles. The average Bonchev–Trinajstić information content (AvgIpc) is 2.24. The van der Waals surface area contributed by atoms with Crippen LogP contribution in [0.3, 0.4) is 0 Å². The molecule has 0 fully saturated rings. The van der Waals surface area contributed by atoms with Gasteiger partial charge in [-0.05, 0) is 18.2 Å². The minimum Gasteiger partial charge on any atom is -0.496 e. The van der Waals surface area contributed by atoms with Crippen molar-refractivity contribution in [1.29, 1.82) is 0 Å². The van der Waals surface area contributed by atoms with E-state index in [4.69, 9.17) is 26.1 Å². The quantitative estimate of drug-likeness (QED) is 0.643. The predicted molar refractivity (Wildman–Crippen MR) is 60.3 cm³/mol. The highest BCUT2D eigenvalue weighted by Crippen LogP contribution is 2.34.